The number of pyridine rings is 1. The van der Waals surface area contributed by atoms with Crippen molar-refractivity contribution in [2.75, 3.05) is 13.1 Å². The summed E-state index contributed by atoms with van der Waals surface area (Å²) in [5.74, 6) is 0.978. The van der Waals surface area contributed by atoms with Gasteiger partial charge in [0.25, 0.3) is 5.91 Å². The van der Waals surface area contributed by atoms with Crippen LogP contribution in [0.2, 0.25) is 0 Å². The van der Waals surface area contributed by atoms with Crippen LogP contribution in [-0.2, 0) is 0 Å². The lowest BCUT2D eigenvalue weighted by Crippen LogP contribution is -2.45. The summed E-state index contributed by atoms with van der Waals surface area (Å²) in [4.78, 5) is 20.1. The third kappa shape index (κ3) is 3.30. The number of aromatic nitrogens is 3. The highest BCUT2D eigenvalue weighted by Gasteiger charge is 2.29. The second kappa shape index (κ2) is 7.39. The van der Waals surface area contributed by atoms with Crippen molar-refractivity contribution >= 4 is 16.9 Å². The van der Waals surface area contributed by atoms with Crippen LogP contribution in [0.3, 0.4) is 0 Å². The predicted octanol–water partition coefficient (Wildman–Crippen LogP) is 3.47. The van der Waals surface area contributed by atoms with Gasteiger partial charge in [0.1, 0.15) is 5.69 Å². The summed E-state index contributed by atoms with van der Waals surface area (Å²) in [6.45, 7) is 7.56. The Labute approximate surface area is 164 Å². The molecule has 1 aliphatic rings. The molecule has 0 saturated carbocycles. The number of piperidine rings is 1. The van der Waals surface area contributed by atoms with E-state index >= 15 is 0 Å². The second-order valence-corrected chi connectivity index (χ2v) is 7.97. The minimum Gasteiger partial charge on any atom is -0.463 e. The molecule has 1 aliphatic heterocycles. The van der Waals surface area contributed by atoms with Crippen molar-refractivity contribution in [1.29, 1.82) is 0 Å². The molecule has 7 heteroatoms. The minimum absolute atomic E-state index is 0.00821. The monoisotopic (exact) mass is 381 g/mol. The standard InChI is InChI=1S/C21H27N5O2/c1-13(2)26-20-17(11-23-26)16(10-18(24-20)19-7-5-9-28-19)21(27)25-8-4-6-15(12-25)14(3)22/h5,7,9-11,13-15H,4,6,8,12,22H2,1-3H3. The highest BCUT2D eigenvalue weighted by molar-refractivity contribution is 6.06. The Hall–Kier alpha value is -2.67. The number of nitrogens with two attached hydrogens (primary N) is 1. The fourth-order valence-corrected chi connectivity index (χ4v) is 3.92. The summed E-state index contributed by atoms with van der Waals surface area (Å²) < 4.78 is 7.39. The zero-order chi connectivity index (χ0) is 19.8. The summed E-state index contributed by atoms with van der Waals surface area (Å²) in [5.41, 5.74) is 8.07. The lowest BCUT2D eigenvalue weighted by molar-refractivity contribution is 0.0663. The number of carbonyl (C=O) groups is 1. The van der Waals surface area contributed by atoms with Crippen molar-refractivity contribution in [3.8, 4) is 11.5 Å². The zero-order valence-corrected chi connectivity index (χ0v) is 16.6. The predicted molar refractivity (Wildman–Crippen MR) is 108 cm³/mol. The number of nitrogens with zero attached hydrogens (tertiary/aromatic N) is 4. The molecule has 2 unspecified atom stereocenters. The summed E-state index contributed by atoms with van der Waals surface area (Å²) in [6, 6.07) is 5.71. The molecular formula is C21H27N5O2. The molecule has 28 heavy (non-hydrogen) atoms. The highest BCUT2D eigenvalue weighted by atomic mass is 16.3. The summed E-state index contributed by atoms with van der Waals surface area (Å²) in [7, 11) is 0. The largest absolute Gasteiger partial charge is 0.463 e. The van der Waals surface area contributed by atoms with E-state index < -0.39 is 0 Å². The first-order chi connectivity index (χ1) is 13.5. The van der Waals surface area contributed by atoms with Gasteiger partial charge in [-0.25, -0.2) is 9.67 Å². The van der Waals surface area contributed by atoms with Crippen LogP contribution >= 0.6 is 0 Å². The van der Waals surface area contributed by atoms with E-state index in [4.69, 9.17) is 15.1 Å². The van der Waals surface area contributed by atoms with Crippen molar-refractivity contribution in [3.63, 3.8) is 0 Å². The van der Waals surface area contributed by atoms with E-state index in [-0.39, 0.29) is 18.0 Å². The molecule has 0 aromatic carbocycles. The molecule has 2 atom stereocenters. The molecule has 3 aromatic rings. The third-order valence-corrected chi connectivity index (χ3v) is 5.55. The molecule has 1 saturated heterocycles. The van der Waals surface area contributed by atoms with E-state index in [0.29, 0.717) is 35.1 Å². The lowest BCUT2D eigenvalue weighted by Gasteiger charge is -2.34. The topological polar surface area (TPSA) is 90.2 Å². The fourth-order valence-electron chi connectivity index (χ4n) is 3.92. The molecule has 7 nitrogen and oxygen atoms in total. The maximum Gasteiger partial charge on any atom is 0.254 e. The van der Waals surface area contributed by atoms with Crippen LogP contribution in [0.5, 0.6) is 0 Å². The molecule has 4 heterocycles. The number of likely N-dealkylation sites (tertiary alicyclic amines) is 1. The number of amides is 1. The average Bonchev–Trinajstić information content (AvgIpc) is 3.36. The SMILES string of the molecule is CC(N)C1CCCN(C(=O)c2cc(-c3ccco3)nc3c2cnn3C(C)C)C1. The Balaban J connectivity index is 1.80. The van der Waals surface area contributed by atoms with Crippen LogP contribution in [0.1, 0.15) is 50.0 Å². The zero-order valence-electron chi connectivity index (χ0n) is 16.6. The highest BCUT2D eigenvalue weighted by Crippen LogP contribution is 2.29. The van der Waals surface area contributed by atoms with Gasteiger partial charge in [-0.1, -0.05) is 0 Å². The Morgan fingerprint density at radius 3 is 2.86 bits per heavy atom. The van der Waals surface area contributed by atoms with Gasteiger partial charge >= 0.3 is 0 Å². The number of fused-ring (bicyclic) bond motifs is 1. The fraction of sp³-hybridized carbons (Fsp3) is 0.476. The summed E-state index contributed by atoms with van der Waals surface area (Å²) >= 11 is 0. The van der Waals surface area contributed by atoms with Gasteiger partial charge in [-0.3, -0.25) is 4.79 Å². The van der Waals surface area contributed by atoms with Crippen molar-refractivity contribution in [2.24, 2.45) is 11.7 Å². The van der Waals surface area contributed by atoms with E-state index in [1.165, 1.54) is 0 Å². The van der Waals surface area contributed by atoms with E-state index in [1.54, 1.807) is 12.5 Å². The second-order valence-electron chi connectivity index (χ2n) is 7.97. The van der Waals surface area contributed by atoms with Crippen LogP contribution in [0.4, 0.5) is 0 Å². The minimum atomic E-state index is 0.00821. The molecule has 1 fully saturated rings. The van der Waals surface area contributed by atoms with Gasteiger partial charge in [-0.2, -0.15) is 5.10 Å². The van der Waals surface area contributed by atoms with Crippen LogP contribution < -0.4 is 5.73 Å². The summed E-state index contributed by atoms with van der Waals surface area (Å²) in [6.07, 6.45) is 5.40. The van der Waals surface area contributed by atoms with Gasteiger partial charge in [0.2, 0.25) is 0 Å². The van der Waals surface area contributed by atoms with Crippen LogP contribution in [0.15, 0.2) is 35.1 Å². The molecule has 1 amide bonds. The smallest absolute Gasteiger partial charge is 0.254 e. The molecule has 148 valence electrons. The van der Waals surface area contributed by atoms with Crippen molar-refractivity contribution < 1.29 is 9.21 Å². The molecule has 0 spiro atoms. The summed E-state index contributed by atoms with van der Waals surface area (Å²) in [5, 5.41) is 5.26. The lowest BCUT2D eigenvalue weighted by atomic mass is 9.91. The van der Waals surface area contributed by atoms with Gasteiger partial charge in [0.15, 0.2) is 11.4 Å². The van der Waals surface area contributed by atoms with Crippen molar-refractivity contribution in [2.45, 2.75) is 45.7 Å². The van der Waals surface area contributed by atoms with E-state index in [2.05, 4.69) is 5.10 Å². The van der Waals surface area contributed by atoms with E-state index in [0.717, 1.165) is 24.8 Å². The first-order valence-corrected chi connectivity index (χ1v) is 9.92. The van der Waals surface area contributed by atoms with Gasteiger partial charge in [0.05, 0.1) is 23.4 Å². The first kappa shape index (κ1) is 18.7. The van der Waals surface area contributed by atoms with E-state index in [1.807, 2.05) is 48.6 Å². The van der Waals surface area contributed by atoms with Gasteiger partial charge in [-0.15, -0.1) is 0 Å². The first-order valence-electron chi connectivity index (χ1n) is 9.92. The Morgan fingerprint density at radius 1 is 1.36 bits per heavy atom. The van der Waals surface area contributed by atoms with Crippen LogP contribution in [0, 0.1) is 5.92 Å². The van der Waals surface area contributed by atoms with Gasteiger partial charge in [0, 0.05) is 25.2 Å². The molecule has 0 bridgehead atoms. The van der Waals surface area contributed by atoms with Crippen LogP contribution in [0.25, 0.3) is 22.5 Å². The molecule has 0 radical (unpaired) electrons. The van der Waals surface area contributed by atoms with Crippen molar-refractivity contribution in [3.05, 3.63) is 36.2 Å². The number of carbonyl (C=O) groups excluding carboxylic acids is 1. The number of hydrogen-bond donors (Lipinski definition) is 1. The normalized spacial score (nSPS) is 18.8. The number of furan rings is 1. The quantitative estimate of drug-likeness (QED) is 0.747. The number of hydrogen-bond acceptors (Lipinski definition) is 5. The van der Waals surface area contributed by atoms with Gasteiger partial charge in [-0.05, 0) is 57.7 Å². The van der Waals surface area contributed by atoms with E-state index in [9.17, 15) is 4.79 Å². The maximum absolute atomic E-state index is 13.5. The van der Waals surface area contributed by atoms with Gasteiger partial charge < -0.3 is 15.1 Å². The molecule has 3 aromatic heterocycles. The molecule has 2 N–H and O–H groups in total. The Kier molecular flexibility index (Phi) is 4.93. The number of rotatable bonds is 4. The Bertz CT molecular complexity index is 974. The molecular weight excluding hydrogens is 354 g/mol. The average molecular weight is 381 g/mol. The maximum atomic E-state index is 13.5. The molecule has 4 rings (SSSR count). The Morgan fingerprint density at radius 2 is 2.18 bits per heavy atom. The third-order valence-electron chi connectivity index (χ3n) is 5.55. The van der Waals surface area contributed by atoms with Crippen LogP contribution in [-0.4, -0.2) is 44.7 Å². The molecule has 0 aliphatic carbocycles. The van der Waals surface area contributed by atoms with Crippen molar-refractivity contribution in [1.82, 2.24) is 19.7 Å².